The molecule has 46 valence electrons. The molecule has 0 aliphatic heterocycles. The Morgan fingerprint density at radius 1 is 1.89 bits per heavy atom. The van der Waals surface area contributed by atoms with E-state index in [0.717, 1.165) is 5.69 Å². The van der Waals surface area contributed by atoms with Crippen molar-refractivity contribution in [3.05, 3.63) is 16.6 Å². The van der Waals surface area contributed by atoms with Crippen LogP contribution in [-0.2, 0) is 6.54 Å². The summed E-state index contributed by atoms with van der Waals surface area (Å²) < 4.78 is 0. The lowest BCUT2D eigenvalue weighted by Gasteiger charge is -1.79. The van der Waals surface area contributed by atoms with Crippen molar-refractivity contribution in [2.75, 3.05) is 0 Å². The van der Waals surface area contributed by atoms with E-state index in [1.165, 1.54) is 0 Å². The highest BCUT2D eigenvalue weighted by Crippen LogP contribution is 2.00. The van der Waals surface area contributed by atoms with Gasteiger partial charge in [0.1, 0.15) is 0 Å². The summed E-state index contributed by atoms with van der Waals surface area (Å²) in [6, 6.07) is 0. The van der Waals surface area contributed by atoms with E-state index in [1.54, 1.807) is 16.8 Å². The molecule has 1 heterocycles. The van der Waals surface area contributed by atoms with Gasteiger partial charge in [0.05, 0.1) is 22.9 Å². The summed E-state index contributed by atoms with van der Waals surface area (Å²) in [6.07, 6.45) is 0. The van der Waals surface area contributed by atoms with Gasteiger partial charge in [-0.2, -0.15) is 0 Å². The summed E-state index contributed by atoms with van der Waals surface area (Å²) in [5.41, 5.74) is 2.73. The van der Waals surface area contributed by atoms with Crippen molar-refractivity contribution in [3.8, 4) is 0 Å². The van der Waals surface area contributed by atoms with E-state index in [-0.39, 0.29) is 0 Å². The van der Waals surface area contributed by atoms with Gasteiger partial charge in [0.2, 0.25) is 0 Å². The Labute approximate surface area is 62.3 Å². The molecule has 0 aromatic carbocycles. The van der Waals surface area contributed by atoms with Gasteiger partial charge in [0, 0.05) is 5.38 Å². The van der Waals surface area contributed by atoms with Crippen LogP contribution in [0.25, 0.3) is 0 Å². The molecule has 1 rings (SSSR count). The highest BCUT2D eigenvalue weighted by Gasteiger charge is 1.88. The summed E-state index contributed by atoms with van der Waals surface area (Å²) in [7, 11) is 0. The Morgan fingerprint density at radius 2 is 2.78 bits per heavy atom. The van der Waals surface area contributed by atoms with Crippen molar-refractivity contribution >= 4 is 28.7 Å². The topological polar surface area (TPSA) is 25.2 Å². The normalized spacial score (nSPS) is 8.44. The zero-order chi connectivity index (χ0) is 6.53. The fourth-order valence-electron chi connectivity index (χ4n) is 0.429. The summed E-state index contributed by atoms with van der Waals surface area (Å²) in [5, 5.41) is 4.22. The van der Waals surface area contributed by atoms with Crippen LogP contribution in [0.15, 0.2) is 15.9 Å². The average molecular weight is 156 g/mol. The Bertz CT molecular complexity index is 211. The fourth-order valence-corrected chi connectivity index (χ4v) is 1.04. The van der Waals surface area contributed by atoms with Crippen molar-refractivity contribution in [1.82, 2.24) is 4.98 Å². The molecule has 0 amide bonds. The van der Waals surface area contributed by atoms with Gasteiger partial charge < -0.3 is 0 Å². The number of hydrogen-bond donors (Lipinski definition) is 0. The Balaban J connectivity index is 2.57. The average Bonchev–Trinajstić information content (AvgIpc) is 2.34. The van der Waals surface area contributed by atoms with Gasteiger partial charge in [0.15, 0.2) is 0 Å². The number of nitrogens with zero attached hydrogens (tertiary/aromatic N) is 2. The van der Waals surface area contributed by atoms with Crippen LogP contribution in [0.3, 0.4) is 0 Å². The molecule has 0 fully saturated rings. The molecular formula is C5H4N2S2. The second-order valence-corrected chi connectivity index (χ2v) is 2.29. The summed E-state index contributed by atoms with van der Waals surface area (Å²) in [5.74, 6) is 0. The molecule has 1 aromatic heterocycles. The molecule has 0 unspecified atom stereocenters. The third-order valence-corrected chi connectivity index (χ3v) is 1.55. The van der Waals surface area contributed by atoms with Crippen molar-refractivity contribution in [2.24, 2.45) is 4.99 Å². The first kappa shape index (κ1) is 6.55. The SMILES string of the molecule is S=C=NCc1cscn1. The smallest absolute Gasteiger partial charge is 0.0923 e. The first-order valence-corrected chi connectivity index (χ1v) is 3.69. The molecule has 9 heavy (non-hydrogen) atoms. The highest BCUT2D eigenvalue weighted by atomic mass is 32.1. The van der Waals surface area contributed by atoms with Gasteiger partial charge in [-0.1, -0.05) is 0 Å². The van der Waals surface area contributed by atoms with Gasteiger partial charge >= 0.3 is 0 Å². The quantitative estimate of drug-likeness (QED) is 0.481. The number of rotatable bonds is 2. The van der Waals surface area contributed by atoms with Crippen LogP contribution in [0.2, 0.25) is 0 Å². The minimum atomic E-state index is 0.562. The summed E-state index contributed by atoms with van der Waals surface area (Å²) >= 11 is 5.94. The molecule has 0 radical (unpaired) electrons. The largest absolute Gasteiger partial charge is 0.248 e. The molecule has 4 heteroatoms. The van der Waals surface area contributed by atoms with Crippen LogP contribution in [0.1, 0.15) is 5.69 Å². The highest BCUT2D eigenvalue weighted by molar-refractivity contribution is 7.78. The van der Waals surface area contributed by atoms with Gasteiger partial charge in [0.25, 0.3) is 0 Å². The Hall–Kier alpha value is -0.570. The Kier molecular flexibility index (Phi) is 2.51. The maximum atomic E-state index is 4.38. The Morgan fingerprint density at radius 3 is 3.33 bits per heavy atom. The van der Waals surface area contributed by atoms with Crippen molar-refractivity contribution in [2.45, 2.75) is 6.54 Å². The minimum absolute atomic E-state index is 0.562. The predicted octanol–water partition coefficient (Wildman–Crippen LogP) is 1.75. The van der Waals surface area contributed by atoms with Crippen LogP contribution in [0.5, 0.6) is 0 Å². The van der Waals surface area contributed by atoms with Crippen molar-refractivity contribution in [3.63, 3.8) is 0 Å². The van der Waals surface area contributed by atoms with E-state index in [2.05, 4.69) is 27.4 Å². The van der Waals surface area contributed by atoms with Crippen molar-refractivity contribution in [1.29, 1.82) is 0 Å². The van der Waals surface area contributed by atoms with E-state index in [1.807, 2.05) is 5.38 Å². The maximum Gasteiger partial charge on any atom is 0.0923 e. The van der Waals surface area contributed by atoms with Crippen LogP contribution < -0.4 is 0 Å². The molecule has 2 nitrogen and oxygen atoms in total. The van der Waals surface area contributed by atoms with E-state index in [4.69, 9.17) is 0 Å². The summed E-state index contributed by atoms with van der Waals surface area (Å²) in [6.45, 7) is 0.562. The second-order valence-electron chi connectivity index (χ2n) is 1.39. The molecule has 0 bridgehead atoms. The zero-order valence-electron chi connectivity index (χ0n) is 4.57. The van der Waals surface area contributed by atoms with E-state index >= 15 is 0 Å². The van der Waals surface area contributed by atoms with Gasteiger partial charge in [-0.15, -0.1) is 11.3 Å². The van der Waals surface area contributed by atoms with Crippen LogP contribution in [-0.4, -0.2) is 10.1 Å². The van der Waals surface area contributed by atoms with Crippen LogP contribution >= 0.6 is 23.6 Å². The molecule has 0 spiro atoms. The second kappa shape index (κ2) is 3.45. The van der Waals surface area contributed by atoms with Gasteiger partial charge in [-0.05, 0) is 12.2 Å². The number of aromatic nitrogens is 1. The predicted molar refractivity (Wildman–Crippen MR) is 40.8 cm³/mol. The lowest BCUT2D eigenvalue weighted by atomic mass is 10.5. The number of hydrogen-bond acceptors (Lipinski definition) is 4. The minimum Gasteiger partial charge on any atom is -0.248 e. The zero-order valence-corrected chi connectivity index (χ0v) is 6.21. The van der Waals surface area contributed by atoms with Crippen LogP contribution in [0, 0.1) is 0 Å². The lowest BCUT2D eigenvalue weighted by Crippen LogP contribution is -1.76. The number of thiazole rings is 1. The molecule has 0 aliphatic rings. The molecule has 0 N–H and O–H groups in total. The summed E-state index contributed by atoms with van der Waals surface area (Å²) in [4.78, 5) is 7.72. The first-order valence-electron chi connectivity index (χ1n) is 2.34. The molecule has 1 aromatic rings. The lowest BCUT2D eigenvalue weighted by molar-refractivity contribution is 1.02. The van der Waals surface area contributed by atoms with Gasteiger partial charge in [-0.3, -0.25) is 0 Å². The molecule has 0 saturated carbocycles. The van der Waals surface area contributed by atoms with E-state index < -0.39 is 0 Å². The van der Waals surface area contributed by atoms with Crippen molar-refractivity contribution < 1.29 is 0 Å². The molecule has 0 aliphatic carbocycles. The third kappa shape index (κ3) is 2.01. The van der Waals surface area contributed by atoms with E-state index in [0.29, 0.717) is 6.54 Å². The number of thiocarbonyl (C=S) groups is 1. The van der Waals surface area contributed by atoms with E-state index in [9.17, 15) is 0 Å². The fraction of sp³-hybridized carbons (Fsp3) is 0.200. The third-order valence-electron chi connectivity index (χ3n) is 0.789. The van der Waals surface area contributed by atoms with Gasteiger partial charge in [-0.25, -0.2) is 9.98 Å². The number of isothiocyanates is 1. The maximum absolute atomic E-state index is 4.38. The molecule has 0 atom stereocenters. The monoisotopic (exact) mass is 156 g/mol. The number of aliphatic imine (C=N–C) groups is 1. The van der Waals surface area contributed by atoms with Crippen LogP contribution in [0.4, 0.5) is 0 Å². The standard InChI is InChI=1S/C5H4N2S2/c8-3-6-1-5-2-9-4-7-5/h2,4H,1H2. The molecule has 0 saturated heterocycles. The first-order chi connectivity index (χ1) is 4.43. The molecular weight excluding hydrogens is 152 g/mol.